The molecule has 0 aliphatic carbocycles. The molecule has 0 spiro atoms. The van der Waals surface area contributed by atoms with Crippen molar-refractivity contribution in [2.75, 3.05) is 25.0 Å². The molecule has 1 aromatic rings. The number of hydrogen-bond acceptors (Lipinski definition) is 4. The highest BCUT2D eigenvalue weighted by molar-refractivity contribution is 5.52. The van der Waals surface area contributed by atoms with Gasteiger partial charge in [0.1, 0.15) is 0 Å². The van der Waals surface area contributed by atoms with E-state index in [1.807, 2.05) is 19.9 Å². The maximum Gasteiger partial charge on any atom is 0.237 e. The van der Waals surface area contributed by atoms with Gasteiger partial charge in [0, 0.05) is 18.8 Å². The number of anilines is 1. The van der Waals surface area contributed by atoms with Crippen LogP contribution < -0.4 is 10.1 Å². The number of likely N-dealkylation sites (tertiary alicyclic amines) is 1. The lowest BCUT2D eigenvalue weighted by atomic mass is 10.1. The van der Waals surface area contributed by atoms with Crippen molar-refractivity contribution < 1.29 is 4.74 Å². The van der Waals surface area contributed by atoms with Gasteiger partial charge in [0.25, 0.3) is 0 Å². The van der Waals surface area contributed by atoms with Gasteiger partial charge in [-0.05, 0) is 58.3 Å². The molecule has 0 amide bonds. The van der Waals surface area contributed by atoms with Crippen LogP contribution in [0.25, 0.3) is 0 Å². The topological polar surface area (TPSA) is 37.4 Å². The molecule has 2 rings (SSSR count). The SMILES string of the molecule is CCN1CCCC(Nc2cccnc2OC(C)C)CC1. The van der Waals surface area contributed by atoms with Crippen molar-refractivity contribution in [3.63, 3.8) is 0 Å². The average molecular weight is 277 g/mol. The number of nitrogens with one attached hydrogen (secondary N) is 1. The van der Waals surface area contributed by atoms with Gasteiger partial charge in [0.2, 0.25) is 5.88 Å². The van der Waals surface area contributed by atoms with Gasteiger partial charge in [-0.15, -0.1) is 0 Å². The summed E-state index contributed by atoms with van der Waals surface area (Å²) in [6, 6.07) is 4.54. The quantitative estimate of drug-likeness (QED) is 0.897. The Morgan fingerprint density at radius 1 is 1.40 bits per heavy atom. The van der Waals surface area contributed by atoms with Crippen LogP contribution in [0, 0.1) is 0 Å². The average Bonchev–Trinajstić information content (AvgIpc) is 2.65. The van der Waals surface area contributed by atoms with Crippen LogP contribution in [0.2, 0.25) is 0 Å². The molecule has 1 aliphatic heterocycles. The highest BCUT2D eigenvalue weighted by Crippen LogP contribution is 2.25. The molecule has 0 aromatic carbocycles. The first-order valence-corrected chi connectivity index (χ1v) is 7.79. The van der Waals surface area contributed by atoms with E-state index in [9.17, 15) is 0 Å². The Labute approximate surface area is 122 Å². The van der Waals surface area contributed by atoms with Crippen molar-refractivity contribution in [2.45, 2.75) is 52.2 Å². The fourth-order valence-electron chi connectivity index (χ4n) is 2.65. The van der Waals surface area contributed by atoms with E-state index in [1.165, 1.54) is 32.4 Å². The fraction of sp³-hybridized carbons (Fsp3) is 0.688. The minimum Gasteiger partial charge on any atom is -0.473 e. The third-order valence-electron chi connectivity index (χ3n) is 3.75. The van der Waals surface area contributed by atoms with Gasteiger partial charge in [0.05, 0.1) is 11.8 Å². The zero-order valence-corrected chi connectivity index (χ0v) is 12.9. The Bertz CT molecular complexity index is 408. The second-order valence-corrected chi connectivity index (χ2v) is 5.73. The molecule has 112 valence electrons. The zero-order chi connectivity index (χ0) is 14.4. The first kappa shape index (κ1) is 15.1. The van der Waals surface area contributed by atoms with Crippen LogP contribution in [0.3, 0.4) is 0 Å². The maximum absolute atomic E-state index is 5.78. The fourth-order valence-corrected chi connectivity index (χ4v) is 2.65. The minimum absolute atomic E-state index is 0.148. The predicted octanol–water partition coefficient (Wildman–Crippen LogP) is 3.16. The van der Waals surface area contributed by atoms with Crippen LogP contribution in [-0.2, 0) is 0 Å². The van der Waals surface area contributed by atoms with Gasteiger partial charge in [-0.2, -0.15) is 0 Å². The molecular formula is C16H27N3O. The summed E-state index contributed by atoms with van der Waals surface area (Å²) in [5, 5.41) is 3.63. The molecule has 0 saturated carbocycles. The first-order valence-electron chi connectivity index (χ1n) is 7.79. The standard InChI is InChI=1S/C16H27N3O/c1-4-19-11-6-7-14(9-12-19)18-15-8-5-10-17-16(15)20-13(2)3/h5,8,10,13-14,18H,4,6-7,9,11-12H2,1-3H3. The highest BCUT2D eigenvalue weighted by atomic mass is 16.5. The smallest absolute Gasteiger partial charge is 0.237 e. The molecule has 1 aliphatic rings. The van der Waals surface area contributed by atoms with E-state index in [1.54, 1.807) is 6.20 Å². The second kappa shape index (κ2) is 7.48. The summed E-state index contributed by atoms with van der Waals surface area (Å²) in [6.45, 7) is 9.85. The van der Waals surface area contributed by atoms with Gasteiger partial charge in [-0.3, -0.25) is 0 Å². The molecule has 1 fully saturated rings. The Morgan fingerprint density at radius 2 is 2.25 bits per heavy atom. The van der Waals surface area contributed by atoms with Crippen LogP contribution in [0.1, 0.15) is 40.0 Å². The number of aromatic nitrogens is 1. The first-order chi connectivity index (χ1) is 9.69. The van der Waals surface area contributed by atoms with Gasteiger partial charge < -0.3 is 15.0 Å². The number of nitrogens with zero attached hydrogens (tertiary/aromatic N) is 2. The van der Waals surface area contributed by atoms with Crippen LogP contribution in [0.15, 0.2) is 18.3 Å². The highest BCUT2D eigenvalue weighted by Gasteiger charge is 2.17. The van der Waals surface area contributed by atoms with Crippen molar-refractivity contribution in [3.05, 3.63) is 18.3 Å². The molecule has 1 unspecified atom stereocenters. The second-order valence-electron chi connectivity index (χ2n) is 5.73. The molecule has 2 heterocycles. The van der Waals surface area contributed by atoms with Crippen molar-refractivity contribution in [1.29, 1.82) is 0 Å². The van der Waals surface area contributed by atoms with Crippen LogP contribution in [-0.4, -0.2) is 41.7 Å². The van der Waals surface area contributed by atoms with Crippen molar-refractivity contribution >= 4 is 5.69 Å². The molecule has 1 atom stereocenters. The summed E-state index contributed by atoms with van der Waals surface area (Å²) in [7, 11) is 0. The largest absolute Gasteiger partial charge is 0.473 e. The Hall–Kier alpha value is -1.29. The molecule has 0 bridgehead atoms. The van der Waals surface area contributed by atoms with E-state index in [0.29, 0.717) is 6.04 Å². The predicted molar refractivity (Wildman–Crippen MR) is 83.4 cm³/mol. The molecule has 0 radical (unpaired) electrons. The number of rotatable bonds is 5. The van der Waals surface area contributed by atoms with E-state index >= 15 is 0 Å². The lowest BCUT2D eigenvalue weighted by Crippen LogP contribution is -2.26. The summed E-state index contributed by atoms with van der Waals surface area (Å²) < 4.78 is 5.78. The number of pyridine rings is 1. The van der Waals surface area contributed by atoms with Gasteiger partial charge in [-0.25, -0.2) is 4.98 Å². The summed E-state index contributed by atoms with van der Waals surface area (Å²) in [6.07, 6.45) is 5.59. The third-order valence-corrected chi connectivity index (χ3v) is 3.75. The van der Waals surface area contributed by atoms with Gasteiger partial charge in [-0.1, -0.05) is 6.92 Å². The van der Waals surface area contributed by atoms with E-state index in [2.05, 4.69) is 28.2 Å². The van der Waals surface area contributed by atoms with Crippen LogP contribution in [0.5, 0.6) is 5.88 Å². The monoisotopic (exact) mass is 277 g/mol. The normalized spacial score (nSPS) is 20.7. The van der Waals surface area contributed by atoms with E-state index in [0.717, 1.165) is 18.1 Å². The van der Waals surface area contributed by atoms with E-state index in [-0.39, 0.29) is 6.10 Å². The molecule has 1 N–H and O–H groups in total. The Balaban J connectivity index is 1.98. The van der Waals surface area contributed by atoms with Crippen LogP contribution in [0.4, 0.5) is 5.69 Å². The Kier molecular flexibility index (Phi) is 5.65. The molecular weight excluding hydrogens is 250 g/mol. The Morgan fingerprint density at radius 3 is 3.00 bits per heavy atom. The molecule has 20 heavy (non-hydrogen) atoms. The number of hydrogen-bond donors (Lipinski definition) is 1. The van der Waals surface area contributed by atoms with Crippen molar-refractivity contribution in [1.82, 2.24) is 9.88 Å². The summed E-state index contributed by atoms with van der Waals surface area (Å²) >= 11 is 0. The zero-order valence-electron chi connectivity index (χ0n) is 12.9. The van der Waals surface area contributed by atoms with Crippen molar-refractivity contribution in [3.8, 4) is 5.88 Å². The molecule has 1 aromatic heterocycles. The molecule has 1 saturated heterocycles. The summed E-state index contributed by atoms with van der Waals surface area (Å²) in [4.78, 5) is 6.87. The molecule has 4 nitrogen and oxygen atoms in total. The van der Waals surface area contributed by atoms with Gasteiger partial charge >= 0.3 is 0 Å². The third kappa shape index (κ3) is 4.37. The summed E-state index contributed by atoms with van der Waals surface area (Å²) in [5.41, 5.74) is 1.02. The van der Waals surface area contributed by atoms with Crippen LogP contribution >= 0.6 is 0 Å². The minimum atomic E-state index is 0.148. The van der Waals surface area contributed by atoms with E-state index in [4.69, 9.17) is 4.74 Å². The lowest BCUT2D eigenvalue weighted by Gasteiger charge is -2.21. The summed E-state index contributed by atoms with van der Waals surface area (Å²) in [5.74, 6) is 0.721. The van der Waals surface area contributed by atoms with E-state index < -0.39 is 0 Å². The van der Waals surface area contributed by atoms with Crippen molar-refractivity contribution in [2.24, 2.45) is 0 Å². The maximum atomic E-state index is 5.78. The molecule has 4 heteroatoms. The lowest BCUT2D eigenvalue weighted by molar-refractivity contribution is 0.233. The van der Waals surface area contributed by atoms with Gasteiger partial charge in [0.15, 0.2) is 0 Å². The number of ether oxygens (including phenoxy) is 1.